The molecule has 0 atom stereocenters. The molecule has 0 saturated carbocycles. The molecule has 1 amide bonds. The number of nitrogens with zero attached hydrogens (tertiary/aromatic N) is 4. The summed E-state index contributed by atoms with van der Waals surface area (Å²) >= 11 is 6.14. The lowest BCUT2D eigenvalue weighted by atomic mass is 10.1. The van der Waals surface area contributed by atoms with E-state index in [0.29, 0.717) is 17.5 Å². The SMILES string of the molecule is Cc1cc(C)nc(-n2nc(C)c(CC(=O)NCc3ccccc3Cl)c2C)n1. The third-order valence-electron chi connectivity index (χ3n) is 4.37. The molecule has 27 heavy (non-hydrogen) atoms. The number of benzene rings is 1. The van der Waals surface area contributed by atoms with Gasteiger partial charge in [-0.25, -0.2) is 14.6 Å². The van der Waals surface area contributed by atoms with Crippen LogP contribution in [0.5, 0.6) is 0 Å². The second kappa shape index (κ2) is 7.88. The molecule has 2 heterocycles. The van der Waals surface area contributed by atoms with Crippen LogP contribution in [0.4, 0.5) is 0 Å². The lowest BCUT2D eigenvalue weighted by Crippen LogP contribution is -2.25. The third-order valence-corrected chi connectivity index (χ3v) is 4.74. The fourth-order valence-electron chi connectivity index (χ4n) is 2.99. The maximum absolute atomic E-state index is 12.4. The number of aryl methyl sites for hydroxylation is 3. The van der Waals surface area contributed by atoms with Crippen LogP contribution >= 0.6 is 11.6 Å². The van der Waals surface area contributed by atoms with Crippen LogP contribution in [0.2, 0.25) is 5.02 Å². The van der Waals surface area contributed by atoms with Crippen LogP contribution in [0, 0.1) is 27.7 Å². The highest BCUT2D eigenvalue weighted by Gasteiger charge is 2.17. The van der Waals surface area contributed by atoms with Crippen LogP contribution in [-0.4, -0.2) is 25.7 Å². The molecule has 0 aliphatic carbocycles. The Kier molecular flexibility index (Phi) is 5.56. The van der Waals surface area contributed by atoms with Gasteiger partial charge in [-0.15, -0.1) is 0 Å². The molecule has 1 aromatic carbocycles. The van der Waals surface area contributed by atoms with Crippen LogP contribution in [0.25, 0.3) is 5.95 Å². The monoisotopic (exact) mass is 383 g/mol. The van der Waals surface area contributed by atoms with E-state index in [1.54, 1.807) is 4.68 Å². The van der Waals surface area contributed by atoms with E-state index in [1.807, 2.05) is 58.0 Å². The van der Waals surface area contributed by atoms with Crippen molar-refractivity contribution < 1.29 is 4.79 Å². The van der Waals surface area contributed by atoms with Crippen molar-refractivity contribution in [2.24, 2.45) is 0 Å². The van der Waals surface area contributed by atoms with Gasteiger partial charge in [-0.3, -0.25) is 4.79 Å². The third kappa shape index (κ3) is 4.34. The second-order valence-electron chi connectivity index (χ2n) is 6.56. The van der Waals surface area contributed by atoms with Gasteiger partial charge < -0.3 is 5.32 Å². The van der Waals surface area contributed by atoms with Gasteiger partial charge in [0.05, 0.1) is 12.1 Å². The molecule has 1 N–H and O–H groups in total. The number of rotatable bonds is 5. The highest BCUT2D eigenvalue weighted by Crippen LogP contribution is 2.18. The molecule has 0 bridgehead atoms. The molecule has 0 aliphatic rings. The smallest absolute Gasteiger partial charge is 0.251 e. The Morgan fingerprint density at radius 3 is 2.44 bits per heavy atom. The molecule has 6 nitrogen and oxygen atoms in total. The zero-order chi connectivity index (χ0) is 19.6. The van der Waals surface area contributed by atoms with Crippen LogP contribution in [0.1, 0.15) is 33.9 Å². The number of amides is 1. The number of carbonyl (C=O) groups is 1. The van der Waals surface area contributed by atoms with E-state index in [4.69, 9.17) is 11.6 Å². The van der Waals surface area contributed by atoms with Crippen molar-refractivity contribution >= 4 is 17.5 Å². The van der Waals surface area contributed by atoms with Crippen LogP contribution in [0.3, 0.4) is 0 Å². The summed E-state index contributed by atoms with van der Waals surface area (Å²) in [7, 11) is 0. The van der Waals surface area contributed by atoms with E-state index in [0.717, 1.165) is 33.9 Å². The number of hydrogen-bond acceptors (Lipinski definition) is 4. The lowest BCUT2D eigenvalue weighted by molar-refractivity contribution is -0.120. The molecule has 140 valence electrons. The van der Waals surface area contributed by atoms with Gasteiger partial charge in [-0.05, 0) is 45.4 Å². The normalized spacial score (nSPS) is 10.9. The van der Waals surface area contributed by atoms with Crippen LogP contribution < -0.4 is 5.32 Å². The Hall–Kier alpha value is -2.73. The first-order valence-electron chi connectivity index (χ1n) is 8.73. The van der Waals surface area contributed by atoms with Gasteiger partial charge in [0, 0.05) is 34.2 Å². The Bertz CT molecular complexity index is 976. The average molecular weight is 384 g/mol. The van der Waals surface area contributed by atoms with Crippen molar-refractivity contribution in [3.05, 3.63) is 69.3 Å². The molecule has 0 unspecified atom stereocenters. The van der Waals surface area contributed by atoms with Gasteiger partial charge >= 0.3 is 0 Å². The molecule has 3 rings (SSSR count). The van der Waals surface area contributed by atoms with E-state index in [9.17, 15) is 4.79 Å². The van der Waals surface area contributed by atoms with Crippen molar-refractivity contribution in [2.45, 2.75) is 40.7 Å². The minimum Gasteiger partial charge on any atom is -0.352 e. The van der Waals surface area contributed by atoms with Gasteiger partial charge in [0.25, 0.3) is 5.95 Å². The van der Waals surface area contributed by atoms with E-state index in [1.165, 1.54) is 0 Å². The summed E-state index contributed by atoms with van der Waals surface area (Å²) in [5, 5.41) is 8.10. The molecule has 0 fully saturated rings. The Morgan fingerprint density at radius 1 is 1.11 bits per heavy atom. The highest BCUT2D eigenvalue weighted by molar-refractivity contribution is 6.31. The van der Waals surface area contributed by atoms with Crippen molar-refractivity contribution in [3.8, 4) is 5.95 Å². The lowest BCUT2D eigenvalue weighted by Gasteiger charge is -2.08. The predicted octanol–water partition coefficient (Wildman–Crippen LogP) is 3.41. The zero-order valence-electron chi connectivity index (χ0n) is 15.9. The number of aromatic nitrogens is 4. The number of hydrogen-bond donors (Lipinski definition) is 1. The summed E-state index contributed by atoms with van der Waals surface area (Å²) in [5.74, 6) is 0.442. The largest absolute Gasteiger partial charge is 0.352 e. The van der Waals surface area contributed by atoms with E-state index in [2.05, 4.69) is 20.4 Å². The van der Waals surface area contributed by atoms with Crippen molar-refractivity contribution in [1.29, 1.82) is 0 Å². The van der Waals surface area contributed by atoms with E-state index in [-0.39, 0.29) is 12.3 Å². The molecule has 0 saturated heterocycles. The number of nitrogens with one attached hydrogen (secondary N) is 1. The standard InChI is InChI=1S/C20H22ClN5O/c1-12-9-13(2)24-20(23-12)26-15(4)17(14(3)25-26)10-19(27)22-11-16-7-5-6-8-18(16)21/h5-9H,10-11H2,1-4H3,(H,22,27). The van der Waals surface area contributed by atoms with Gasteiger partial charge in [0.2, 0.25) is 5.91 Å². The molecule has 0 aliphatic heterocycles. The summed E-state index contributed by atoms with van der Waals surface area (Å²) in [6.45, 7) is 8.06. The maximum atomic E-state index is 12.4. The summed E-state index contributed by atoms with van der Waals surface area (Å²) < 4.78 is 1.70. The minimum atomic E-state index is -0.0815. The average Bonchev–Trinajstić information content (AvgIpc) is 2.88. The quantitative estimate of drug-likeness (QED) is 0.732. The predicted molar refractivity (Wildman–Crippen MR) is 105 cm³/mol. The molecular weight excluding hydrogens is 362 g/mol. The molecule has 7 heteroatoms. The summed E-state index contributed by atoms with van der Waals surface area (Å²) in [6.07, 6.45) is 0.243. The zero-order valence-corrected chi connectivity index (χ0v) is 16.6. The van der Waals surface area contributed by atoms with Crippen molar-refractivity contribution in [2.75, 3.05) is 0 Å². The molecule has 2 aromatic heterocycles. The fraction of sp³-hybridized carbons (Fsp3) is 0.300. The molecule has 3 aromatic rings. The fourth-order valence-corrected chi connectivity index (χ4v) is 3.19. The molecule has 0 spiro atoms. The van der Waals surface area contributed by atoms with Gasteiger partial charge in [0.15, 0.2) is 0 Å². The Balaban J connectivity index is 1.76. The van der Waals surface area contributed by atoms with E-state index >= 15 is 0 Å². The number of carbonyl (C=O) groups excluding carboxylic acids is 1. The Labute approximate surface area is 163 Å². The first-order valence-corrected chi connectivity index (χ1v) is 9.11. The first kappa shape index (κ1) is 19.0. The van der Waals surface area contributed by atoms with Crippen molar-refractivity contribution in [3.63, 3.8) is 0 Å². The van der Waals surface area contributed by atoms with Crippen LogP contribution in [0.15, 0.2) is 30.3 Å². The molecule has 0 radical (unpaired) electrons. The Morgan fingerprint density at radius 2 is 1.78 bits per heavy atom. The summed E-state index contributed by atoms with van der Waals surface area (Å²) in [5.41, 5.74) is 5.19. The first-order chi connectivity index (χ1) is 12.8. The van der Waals surface area contributed by atoms with Crippen LogP contribution in [-0.2, 0) is 17.8 Å². The topological polar surface area (TPSA) is 72.7 Å². The minimum absolute atomic E-state index is 0.0815. The summed E-state index contributed by atoms with van der Waals surface area (Å²) in [6, 6.07) is 9.39. The highest BCUT2D eigenvalue weighted by atomic mass is 35.5. The number of halogens is 1. The van der Waals surface area contributed by atoms with Gasteiger partial charge in [-0.1, -0.05) is 29.8 Å². The summed E-state index contributed by atoms with van der Waals surface area (Å²) in [4.78, 5) is 21.4. The second-order valence-corrected chi connectivity index (χ2v) is 6.96. The van der Waals surface area contributed by atoms with E-state index < -0.39 is 0 Å². The maximum Gasteiger partial charge on any atom is 0.251 e. The van der Waals surface area contributed by atoms with Crippen molar-refractivity contribution in [1.82, 2.24) is 25.1 Å². The van der Waals surface area contributed by atoms with Gasteiger partial charge in [0.1, 0.15) is 0 Å². The van der Waals surface area contributed by atoms with Gasteiger partial charge in [-0.2, -0.15) is 5.10 Å². The molecular formula is C20H22ClN5O.